The van der Waals surface area contributed by atoms with Crippen LogP contribution in [0.2, 0.25) is 0 Å². The molecular formula is C21H22N2O5. The molecule has 146 valence electrons. The third kappa shape index (κ3) is 6.11. The van der Waals surface area contributed by atoms with Crippen LogP contribution in [0.1, 0.15) is 29.7 Å². The summed E-state index contributed by atoms with van der Waals surface area (Å²) in [5.41, 5.74) is 2.10. The fourth-order valence-corrected chi connectivity index (χ4v) is 2.46. The highest BCUT2D eigenvalue weighted by molar-refractivity contribution is 5.82. The number of esters is 1. The number of nitrogens with one attached hydrogen (secondary N) is 1. The molecule has 28 heavy (non-hydrogen) atoms. The topological polar surface area (TPSA) is 97.7 Å². The number of hydrogen-bond acceptors (Lipinski definition) is 6. The molecule has 1 unspecified atom stereocenters. The molecule has 0 saturated heterocycles. The van der Waals surface area contributed by atoms with E-state index in [2.05, 4.69) is 11.4 Å². The number of ether oxygens (including phenoxy) is 3. The Kier molecular flexibility index (Phi) is 8.00. The van der Waals surface area contributed by atoms with Crippen molar-refractivity contribution in [2.45, 2.75) is 19.6 Å². The van der Waals surface area contributed by atoms with Crippen molar-refractivity contribution in [3.8, 4) is 11.8 Å². The van der Waals surface area contributed by atoms with E-state index in [4.69, 9.17) is 19.5 Å². The summed E-state index contributed by atoms with van der Waals surface area (Å²) in [5.74, 6) is -0.236. The Morgan fingerprint density at radius 2 is 1.79 bits per heavy atom. The van der Waals surface area contributed by atoms with Gasteiger partial charge in [-0.25, -0.2) is 4.79 Å². The zero-order valence-corrected chi connectivity index (χ0v) is 15.8. The van der Waals surface area contributed by atoms with Gasteiger partial charge in [-0.3, -0.25) is 4.79 Å². The number of nitrogens with zero attached hydrogens (tertiary/aromatic N) is 1. The molecule has 2 aromatic carbocycles. The van der Waals surface area contributed by atoms with Crippen molar-refractivity contribution in [3.63, 3.8) is 0 Å². The normalized spacial score (nSPS) is 11.2. The first-order valence-corrected chi connectivity index (χ1v) is 8.75. The molecule has 7 nitrogen and oxygen atoms in total. The lowest BCUT2D eigenvalue weighted by atomic mass is 10.1. The molecule has 1 N–H and O–H groups in total. The molecule has 0 aliphatic carbocycles. The standard InChI is InChI=1S/C21H22N2O5/c1-3-27-19(24)14-28-18-10-8-17(9-11-18)20(26-2)21(25)23-13-16-6-4-15(12-22)5-7-16/h4-11,20H,3,13-14H2,1-2H3,(H,23,25). The van der Waals surface area contributed by atoms with Crippen LogP contribution < -0.4 is 10.1 Å². The van der Waals surface area contributed by atoms with E-state index >= 15 is 0 Å². The number of rotatable bonds is 9. The Balaban J connectivity index is 1.92. The summed E-state index contributed by atoms with van der Waals surface area (Å²) >= 11 is 0. The zero-order valence-electron chi connectivity index (χ0n) is 15.8. The van der Waals surface area contributed by atoms with Crippen LogP contribution in [0, 0.1) is 11.3 Å². The highest BCUT2D eigenvalue weighted by Gasteiger charge is 2.20. The fraction of sp³-hybridized carbons (Fsp3) is 0.286. The Hall–Kier alpha value is -3.37. The Labute approximate surface area is 163 Å². The molecule has 1 atom stereocenters. The third-order valence-corrected chi connectivity index (χ3v) is 3.87. The van der Waals surface area contributed by atoms with E-state index in [9.17, 15) is 9.59 Å². The van der Waals surface area contributed by atoms with Crippen molar-refractivity contribution in [1.82, 2.24) is 5.32 Å². The summed E-state index contributed by atoms with van der Waals surface area (Å²) in [5, 5.41) is 11.6. The van der Waals surface area contributed by atoms with Crippen molar-refractivity contribution < 1.29 is 23.8 Å². The van der Waals surface area contributed by atoms with Gasteiger partial charge in [0.05, 0.1) is 18.2 Å². The summed E-state index contributed by atoms with van der Waals surface area (Å²) in [6, 6.07) is 15.8. The lowest BCUT2D eigenvalue weighted by molar-refractivity contribution is -0.145. The average Bonchev–Trinajstić information content (AvgIpc) is 2.73. The van der Waals surface area contributed by atoms with Crippen LogP contribution in [0.3, 0.4) is 0 Å². The van der Waals surface area contributed by atoms with Gasteiger partial charge in [-0.05, 0) is 42.3 Å². The molecule has 7 heteroatoms. The number of carbonyl (C=O) groups is 2. The van der Waals surface area contributed by atoms with Crippen molar-refractivity contribution in [3.05, 3.63) is 65.2 Å². The first kappa shape index (κ1) is 20.9. The van der Waals surface area contributed by atoms with Gasteiger partial charge in [-0.1, -0.05) is 24.3 Å². The Morgan fingerprint density at radius 1 is 1.11 bits per heavy atom. The molecule has 0 aliphatic rings. The van der Waals surface area contributed by atoms with Gasteiger partial charge in [-0.15, -0.1) is 0 Å². The molecule has 1 amide bonds. The van der Waals surface area contributed by atoms with Crippen molar-refractivity contribution in [1.29, 1.82) is 5.26 Å². The van der Waals surface area contributed by atoms with Gasteiger partial charge in [-0.2, -0.15) is 5.26 Å². The lowest BCUT2D eigenvalue weighted by Crippen LogP contribution is -2.30. The number of nitriles is 1. The molecule has 0 saturated carbocycles. The Morgan fingerprint density at radius 3 is 2.36 bits per heavy atom. The molecule has 0 radical (unpaired) electrons. The summed E-state index contributed by atoms with van der Waals surface area (Å²) < 4.78 is 15.5. The number of carbonyl (C=O) groups excluding carboxylic acids is 2. The minimum Gasteiger partial charge on any atom is -0.482 e. The van der Waals surface area contributed by atoms with E-state index in [1.54, 1.807) is 55.5 Å². The zero-order chi connectivity index (χ0) is 20.4. The maximum absolute atomic E-state index is 12.5. The largest absolute Gasteiger partial charge is 0.482 e. The van der Waals surface area contributed by atoms with Crippen molar-refractivity contribution in [2.75, 3.05) is 20.3 Å². The van der Waals surface area contributed by atoms with Crippen LogP contribution >= 0.6 is 0 Å². The lowest BCUT2D eigenvalue weighted by Gasteiger charge is -2.16. The maximum Gasteiger partial charge on any atom is 0.344 e. The van der Waals surface area contributed by atoms with Gasteiger partial charge in [0.1, 0.15) is 5.75 Å². The number of hydrogen-bond donors (Lipinski definition) is 1. The first-order valence-electron chi connectivity index (χ1n) is 8.75. The van der Waals surface area contributed by atoms with Gasteiger partial charge in [0.15, 0.2) is 12.7 Å². The van der Waals surface area contributed by atoms with E-state index in [1.807, 2.05) is 0 Å². The molecule has 0 aliphatic heterocycles. The molecular weight excluding hydrogens is 360 g/mol. The van der Waals surface area contributed by atoms with E-state index in [-0.39, 0.29) is 12.5 Å². The molecule has 0 heterocycles. The van der Waals surface area contributed by atoms with Crippen molar-refractivity contribution in [2.24, 2.45) is 0 Å². The van der Waals surface area contributed by atoms with E-state index in [0.717, 1.165) is 5.56 Å². The van der Waals surface area contributed by atoms with Crippen LogP contribution in [0.15, 0.2) is 48.5 Å². The molecule has 0 aromatic heterocycles. The fourth-order valence-electron chi connectivity index (χ4n) is 2.46. The van der Waals surface area contributed by atoms with Gasteiger partial charge >= 0.3 is 5.97 Å². The summed E-state index contributed by atoms with van der Waals surface area (Å²) in [6.45, 7) is 2.18. The SMILES string of the molecule is CCOC(=O)COc1ccc(C(OC)C(=O)NCc2ccc(C#N)cc2)cc1. The predicted molar refractivity (Wildman–Crippen MR) is 101 cm³/mol. The first-order chi connectivity index (χ1) is 13.6. The second-order valence-corrected chi connectivity index (χ2v) is 5.81. The highest BCUT2D eigenvalue weighted by atomic mass is 16.6. The summed E-state index contributed by atoms with van der Waals surface area (Å²) in [6.07, 6.45) is -0.780. The minimum atomic E-state index is -0.780. The number of amides is 1. The monoisotopic (exact) mass is 382 g/mol. The Bertz CT molecular complexity index is 825. The summed E-state index contributed by atoms with van der Waals surface area (Å²) in [7, 11) is 1.46. The van der Waals surface area contributed by atoms with E-state index in [0.29, 0.717) is 30.0 Å². The van der Waals surface area contributed by atoms with E-state index in [1.165, 1.54) is 7.11 Å². The van der Waals surface area contributed by atoms with Gasteiger partial charge in [0.2, 0.25) is 0 Å². The van der Waals surface area contributed by atoms with Gasteiger partial charge in [0.25, 0.3) is 5.91 Å². The third-order valence-electron chi connectivity index (χ3n) is 3.87. The van der Waals surface area contributed by atoms with Crippen LogP contribution in [-0.4, -0.2) is 32.2 Å². The molecule has 0 spiro atoms. The van der Waals surface area contributed by atoms with Crippen molar-refractivity contribution >= 4 is 11.9 Å². The number of benzene rings is 2. The molecule has 0 bridgehead atoms. The highest BCUT2D eigenvalue weighted by Crippen LogP contribution is 2.21. The molecule has 2 aromatic rings. The second-order valence-electron chi connectivity index (χ2n) is 5.81. The average molecular weight is 382 g/mol. The van der Waals surface area contributed by atoms with E-state index < -0.39 is 12.1 Å². The smallest absolute Gasteiger partial charge is 0.344 e. The van der Waals surface area contributed by atoms with Crippen LogP contribution in [0.5, 0.6) is 5.75 Å². The van der Waals surface area contributed by atoms with Crippen LogP contribution in [0.4, 0.5) is 0 Å². The summed E-state index contributed by atoms with van der Waals surface area (Å²) in [4.78, 5) is 23.8. The predicted octanol–water partition coefficient (Wildman–Crippen LogP) is 2.50. The maximum atomic E-state index is 12.5. The number of methoxy groups -OCH3 is 1. The van der Waals surface area contributed by atoms with Crippen LogP contribution in [-0.2, 0) is 25.6 Å². The quantitative estimate of drug-likeness (QED) is 0.669. The van der Waals surface area contributed by atoms with Gasteiger partial charge in [0, 0.05) is 13.7 Å². The minimum absolute atomic E-state index is 0.175. The van der Waals surface area contributed by atoms with Gasteiger partial charge < -0.3 is 19.5 Å². The second kappa shape index (κ2) is 10.7. The van der Waals surface area contributed by atoms with Crippen LogP contribution in [0.25, 0.3) is 0 Å². The molecule has 0 fully saturated rings. The molecule has 2 rings (SSSR count).